The number of ether oxygens (including phenoxy) is 1. The van der Waals surface area contributed by atoms with Crippen LogP contribution in [0.3, 0.4) is 0 Å². The summed E-state index contributed by atoms with van der Waals surface area (Å²) in [5.74, 6) is 0.693. The monoisotopic (exact) mass is 328 g/mol. The lowest BCUT2D eigenvalue weighted by Crippen LogP contribution is -2.25. The lowest BCUT2D eigenvalue weighted by molar-refractivity contribution is 0.0950. The van der Waals surface area contributed by atoms with Crippen LogP contribution in [0.2, 0.25) is 5.02 Å². The zero-order chi connectivity index (χ0) is 16.2. The van der Waals surface area contributed by atoms with Crippen molar-refractivity contribution in [3.63, 3.8) is 0 Å². The van der Waals surface area contributed by atoms with E-state index in [0.29, 0.717) is 17.3 Å². The lowest BCUT2D eigenvalue weighted by Gasteiger charge is -2.05. The smallest absolute Gasteiger partial charge is 0.267 e. The first-order valence-corrected chi connectivity index (χ1v) is 7.73. The van der Waals surface area contributed by atoms with E-state index in [1.807, 2.05) is 42.5 Å². The van der Waals surface area contributed by atoms with Crippen LogP contribution in [-0.2, 0) is 6.42 Å². The van der Waals surface area contributed by atoms with Crippen LogP contribution in [0, 0.1) is 0 Å². The maximum absolute atomic E-state index is 12.2. The van der Waals surface area contributed by atoms with E-state index < -0.39 is 0 Å². The van der Waals surface area contributed by atoms with Gasteiger partial charge in [0.1, 0.15) is 11.4 Å². The summed E-state index contributed by atoms with van der Waals surface area (Å²) in [6, 6.07) is 15.2. The third-order valence-electron chi connectivity index (χ3n) is 3.71. The van der Waals surface area contributed by atoms with Crippen molar-refractivity contribution < 1.29 is 9.53 Å². The second kappa shape index (κ2) is 6.75. The van der Waals surface area contributed by atoms with Crippen molar-refractivity contribution in [2.75, 3.05) is 13.7 Å². The lowest BCUT2D eigenvalue weighted by atomic mass is 10.1. The Morgan fingerprint density at radius 3 is 2.70 bits per heavy atom. The first-order chi connectivity index (χ1) is 11.2. The van der Waals surface area contributed by atoms with Gasteiger partial charge in [-0.15, -0.1) is 0 Å². The number of aromatic nitrogens is 1. The predicted molar refractivity (Wildman–Crippen MR) is 92.3 cm³/mol. The van der Waals surface area contributed by atoms with Gasteiger partial charge in [-0.25, -0.2) is 0 Å². The van der Waals surface area contributed by atoms with Crippen LogP contribution < -0.4 is 10.1 Å². The number of rotatable bonds is 5. The third-order valence-corrected chi connectivity index (χ3v) is 4.02. The fraction of sp³-hybridized carbons (Fsp3) is 0.167. The second-order valence-corrected chi connectivity index (χ2v) is 5.65. The molecule has 4 nitrogen and oxygen atoms in total. The van der Waals surface area contributed by atoms with Crippen molar-refractivity contribution in [3.05, 3.63) is 64.8 Å². The second-order valence-electron chi connectivity index (χ2n) is 5.24. The molecule has 0 unspecified atom stereocenters. The van der Waals surface area contributed by atoms with Crippen LogP contribution in [-0.4, -0.2) is 24.5 Å². The van der Waals surface area contributed by atoms with E-state index in [-0.39, 0.29) is 5.91 Å². The number of benzene rings is 2. The summed E-state index contributed by atoms with van der Waals surface area (Å²) >= 11 is 6.11. The van der Waals surface area contributed by atoms with E-state index in [4.69, 9.17) is 16.3 Å². The normalized spacial score (nSPS) is 10.7. The Morgan fingerprint density at radius 2 is 2.00 bits per heavy atom. The highest BCUT2D eigenvalue weighted by Crippen LogP contribution is 2.23. The number of aromatic amines is 1. The summed E-state index contributed by atoms with van der Waals surface area (Å²) in [7, 11) is 1.64. The molecule has 1 amide bonds. The van der Waals surface area contributed by atoms with Gasteiger partial charge in [-0.2, -0.15) is 0 Å². The number of halogens is 1. The summed E-state index contributed by atoms with van der Waals surface area (Å²) in [6.07, 6.45) is 0.761. The number of nitrogens with one attached hydrogen (secondary N) is 2. The molecule has 0 radical (unpaired) electrons. The molecular formula is C18H17ClN2O2. The van der Waals surface area contributed by atoms with E-state index >= 15 is 0 Å². The van der Waals surface area contributed by atoms with Crippen molar-refractivity contribution >= 4 is 28.4 Å². The molecule has 118 valence electrons. The number of hydrogen-bond donors (Lipinski definition) is 2. The molecule has 23 heavy (non-hydrogen) atoms. The Bertz CT molecular complexity index is 825. The maximum atomic E-state index is 12.2. The van der Waals surface area contributed by atoms with Gasteiger partial charge in [-0.05, 0) is 36.2 Å². The van der Waals surface area contributed by atoms with E-state index in [1.165, 1.54) is 0 Å². The van der Waals surface area contributed by atoms with Gasteiger partial charge < -0.3 is 15.0 Å². The molecule has 2 N–H and O–H groups in total. The molecule has 0 atom stereocenters. The average Bonchev–Trinajstić information content (AvgIpc) is 3.01. The first kappa shape index (κ1) is 15.4. The molecule has 1 heterocycles. The standard InChI is InChI=1S/C18H17ClN2O2/c1-23-14-7-5-12(6-8-14)9-10-20-18(22)16-11-13-3-2-4-15(19)17(13)21-16/h2-8,11,21H,9-10H2,1H3,(H,20,22). The Morgan fingerprint density at radius 1 is 1.22 bits per heavy atom. The number of carbonyl (C=O) groups excluding carboxylic acids is 1. The van der Waals surface area contributed by atoms with Crippen LogP contribution >= 0.6 is 11.6 Å². The van der Waals surface area contributed by atoms with Gasteiger partial charge in [0.25, 0.3) is 5.91 Å². The van der Waals surface area contributed by atoms with Gasteiger partial charge in [0.2, 0.25) is 0 Å². The van der Waals surface area contributed by atoms with Crippen molar-refractivity contribution in [3.8, 4) is 5.75 Å². The zero-order valence-electron chi connectivity index (χ0n) is 12.7. The van der Waals surface area contributed by atoms with Gasteiger partial charge >= 0.3 is 0 Å². The SMILES string of the molecule is COc1ccc(CCNC(=O)c2cc3cccc(Cl)c3[nH]2)cc1. The number of H-pyrrole nitrogens is 1. The molecule has 0 fully saturated rings. The fourth-order valence-electron chi connectivity index (χ4n) is 2.45. The van der Waals surface area contributed by atoms with Gasteiger partial charge in [0.05, 0.1) is 17.6 Å². The Hall–Kier alpha value is -2.46. The third kappa shape index (κ3) is 3.48. The minimum absolute atomic E-state index is 0.134. The number of methoxy groups -OCH3 is 1. The number of hydrogen-bond acceptors (Lipinski definition) is 2. The molecule has 2 aromatic carbocycles. The zero-order valence-corrected chi connectivity index (χ0v) is 13.5. The number of para-hydroxylation sites is 1. The number of amides is 1. The minimum atomic E-state index is -0.134. The van der Waals surface area contributed by atoms with Gasteiger partial charge in [0.15, 0.2) is 0 Å². The number of carbonyl (C=O) groups is 1. The Balaban J connectivity index is 1.60. The molecule has 3 aromatic rings. The summed E-state index contributed by atoms with van der Waals surface area (Å²) in [6.45, 7) is 0.564. The van der Waals surface area contributed by atoms with Crippen molar-refractivity contribution in [1.82, 2.24) is 10.3 Å². The first-order valence-electron chi connectivity index (χ1n) is 7.36. The summed E-state index contributed by atoms with van der Waals surface area (Å²) < 4.78 is 5.12. The molecule has 0 aliphatic rings. The predicted octanol–water partition coefficient (Wildman–Crippen LogP) is 3.80. The van der Waals surface area contributed by atoms with Crippen molar-refractivity contribution in [1.29, 1.82) is 0 Å². The highest BCUT2D eigenvalue weighted by molar-refractivity contribution is 6.35. The molecule has 0 aliphatic heterocycles. The summed E-state index contributed by atoms with van der Waals surface area (Å²) in [5.41, 5.74) is 2.45. The topological polar surface area (TPSA) is 54.1 Å². The van der Waals surface area contributed by atoms with Gasteiger partial charge in [0, 0.05) is 11.9 Å². The molecule has 5 heteroatoms. The molecule has 0 bridgehead atoms. The molecular weight excluding hydrogens is 312 g/mol. The Kier molecular flexibility index (Phi) is 4.53. The van der Waals surface area contributed by atoms with Gasteiger partial charge in [-0.1, -0.05) is 35.9 Å². The van der Waals surface area contributed by atoms with Crippen molar-refractivity contribution in [2.24, 2.45) is 0 Å². The molecule has 0 spiro atoms. The van der Waals surface area contributed by atoms with Gasteiger partial charge in [-0.3, -0.25) is 4.79 Å². The largest absolute Gasteiger partial charge is 0.497 e. The quantitative estimate of drug-likeness (QED) is 0.748. The van der Waals surface area contributed by atoms with Crippen LogP contribution in [0.5, 0.6) is 5.75 Å². The van der Waals surface area contributed by atoms with Crippen LogP contribution in [0.25, 0.3) is 10.9 Å². The highest BCUT2D eigenvalue weighted by Gasteiger charge is 2.10. The number of fused-ring (bicyclic) bond motifs is 1. The summed E-state index contributed by atoms with van der Waals surface area (Å²) in [5, 5.41) is 4.45. The highest BCUT2D eigenvalue weighted by atomic mass is 35.5. The minimum Gasteiger partial charge on any atom is -0.497 e. The molecule has 3 rings (SSSR count). The summed E-state index contributed by atoms with van der Waals surface area (Å²) in [4.78, 5) is 15.3. The molecule has 0 saturated heterocycles. The maximum Gasteiger partial charge on any atom is 0.267 e. The Labute approximate surface area is 139 Å². The van der Waals surface area contributed by atoms with E-state index in [9.17, 15) is 4.79 Å². The molecule has 0 aliphatic carbocycles. The van der Waals surface area contributed by atoms with Crippen molar-refractivity contribution in [2.45, 2.75) is 6.42 Å². The van der Waals surface area contributed by atoms with E-state index in [1.54, 1.807) is 13.2 Å². The average molecular weight is 329 g/mol. The fourth-order valence-corrected chi connectivity index (χ4v) is 2.68. The van der Waals surface area contributed by atoms with Crippen LogP contribution in [0.15, 0.2) is 48.5 Å². The van der Waals surface area contributed by atoms with Crippen LogP contribution in [0.4, 0.5) is 0 Å². The van der Waals surface area contributed by atoms with Crippen LogP contribution in [0.1, 0.15) is 16.1 Å². The molecule has 1 aromatic heterocycles. The van der Waals surface area contributed by atoms with E-state index in [2.05, 4.69) is 10.3 Å². The van der Waals surface area contributed by atoms with E-state index in [0.717, 1.165) is 28.6 Å². The molecule has 0 saturated carbocycles.